The monoisotopic (exact) mass is 545 g/mol. The molecule has 3 aromatic rings. The number of aromatic nitrogens is 1. The quantitative estimate of drug-likeness (QED) is 0.0747. The van der Waals surface area contributed by atoms with Gasteiger partial charge in [0.05, 0.1) is 11.6 Å². The van der Waals surface area contributed by atoms with E-state index in [2.05, 4.69) is 60.0 Å². The molecule has 0 bridgehead atoms. The van der Waals surface area contributed by atoms with Crippen LogP contribution in [0.2, 0.25) is 0 Å². The average Bonchev–Trinajstić information content (AvgIpc) is 3.01. The Morgan fingerprint density at radius 1 is 0.732 bits per heavy atom. The SMILES string of the molecule is CCCCCCCCCCCCCCCC[n+]1cc(/C=C(\C#N)c2ccc(C(=C=N)C#N)cc2)cc2ccccc21. The fraction of sp³-hybridized carbons (Fsp3) is 0.432. The fourth-order valence-electron chi connectivity index (χ4n) is 5.41. The van der Waals surface area contributed by atoms with Gasteiger partial charge in [-0.15, -0.1) is 0 Å². The minimum atomic E-state index is 0.179. The van der Waals surface area contributed by atoms with Gasteiger partial charge in [-0.1, -0.05) is 120 Å². The predicted molar refractivity (Wildman–Crippen MR) is 171 cm³/mol. The van der Waals surface area contributed by atoms with E-state index in [1.54, 1.807) is 12.1 Å². The summed E-state index contributed by atoms with van der Waals surface area (Å²) in [5.41, 5.74) is 4.35. The molecule has 0 saturated heterocycles. The number of aryl methyl sites for hydroxylation is 1. The van der Waals surface area contributed by atoms with Gasteiger partial charge < -0.3 is 0 Å². The highest BCUT2D eigenvalue weighted by atomic mass is 14.9. The molecule has 41 heavy (non-hydrogen) atoms. The number of benzene rings is 2. The maximum absolute atomic E-state index is 9.91. The Balaban J connectivity index is 1.53. The van der Waals surface area contributed by atoms with Crippen molar-refractivity contribution in [3.63, 3.8) is 0 Å². The normalized spacial score (nSPS) is 11.1. The van der Waals surface area contributed by atoms with Crippen molar-refractivity contribution in [1.82, 2.24) is 0 Å². The van der Waals surface area contributed by atoms with Gasteiger partial charge in [0, 0.05) is 29.0 Å². The Morgan fingerprint density at radius 2 is 1.29 bits per heavy atom. The topological polar surface area (TPSA) is 75.3 Å². The van der Waals surface area contributed by atoms with Crippen LogP contribution >= 0.6 is 0 Å². The Morgan fingerprint density at radius 3 is 1.85 bits per heavy atom. The predicted octanol–water partition coefficient (Wildman–Crippen LogP) is 9.83. The van der Waals surface area contributed by atoms with Crippen LogP contribution < -0.4 is 4.57 Å². The van der Waals surface area contributed by atoms with E-state index in [9.17, 15) is 5.26 Å². The molecule has 0 fully saturated rings. The van der Waals surface area contributed by atoms with Crippen LogP contribution in [-0.4, -0.2) is 5.87 Å². The molecule has 1 heterocycles. The number of hydrogen-bond acceptors (Lipinski definition) is 3. The average molecular weight is 546 g/mol. The van der Waals surface area contributed by atoms with E-state index in [-0.39, 0.29) is 5.57 Å². The first-order chi connectivity index (χ1) is 20.2. The zero-order valence-electron chi connectivity index (χ0n) is 24.8. The number of allylic oxidation sites excluding steroid dienone is 2. The molecule has 0 saturated carbocycles. The molecule has 0 spiro atoms. The van der Waals surface area contributed by atoms with E-state index in [0.29, 0.717) is 11.1 Å². The number of nitriles is 2. The van der Waals surface area contributed by atoms with Crippen LogP contribution in [0.25, 0.3) is 28.1 Å². The fourth-order valence-corrected chi connectivity index (χ4v) is 5.41. The summed E-state index contributed by atoms with van der Waals surface area (Å²) in [4.78, 5) is 0. The lowest BCUT2D eigenvalue weighted by Crippen LogP contribution is -2.34. The summed E-state index contributed by atoms with van der Waals surface area (Å²) < 4.78 is 2.33. The largest absolute Gasteiger partial charge is 0.258 e. The van der Waals surface area contributed by atoms with Crippen molar-refractivity contribution in [3.8, 4) is 12.1 Å². The van der Waals surface area contributed by atoms with Crippen LogP contribution in [0.4, 0.5) is 0 Å². The maximum Gasteiger partial charge on any atom is 0.212 e. The summed E-state index contributed by atoms with van der Waals surface area (Å²) in [5.74, 6) is 2.16. The molecule has 1 aromatic heterocycles. The first kappa shape index (κ1) is 31.5. The van der Waals surface area contributed by atoms with Crippen molar-refractivity contribution in [3.05, 3.63) is 77.5 Å². The highest BCUT2D eigenvalue weighted by molar-refractivity contribution is 5.97. The van der Waals surface area contributed by atoms with Gasteiger partial charge in [0.25, 0.3) is 0 Å². The third kappa shape index (κ3) is 10.5. The molecule has 4 heteroatoms. The third-order valence-corrected chi connectivity index (χ3v) is 7.78. The number of nitrogens with zero attached hydrogens (tertiary/aromatic N) is 3. The van der Waals surface area contributed by atoms with E-state index in [4.69, 9.17) is 10.7 Å². The van der Waals surface area contributed by atoms with Crippen molar-refractivity contribution in [2.24, 2.45) is 0 Å². The van der Waals surface area contributed by atoms with Crippen LogP contribution in [0.3, 0.4) is 0 Å². The number of pyridine rings is 1. The number of unbranched alkanes of at least 4 members (excludes halogenated alkanes) is 13. The zero-order chi connectivity index (χ0) is 29.1. The van der Waals surface area contributed by atoms with Gasteiger partial charge in [-0.05, 0) is 36.1 Å². The van der Waals surface area contributed by atoms with Crippen molar-refractivity contribution < 1.29 is 4.57 Å². The van der Waals surface area contributed by atoms with E-state index in [1.165, 1.54) is 89.0 Å². The van der Waals surface area contributed by atoms with Crippen molar-refractivity contribution in [2.75, 3.05) is 0 Å². The molecular weight excluding hydrogens is 500 g/mol. The second-order valence-corrected chi connectivity index (χ2v) is 11.0. The molecule has 0 aliphatic heterocycles. The second kappa shape index (κ2) is 18.4. The molecule has 0 aliphatic carbocycles. The Bertz CT molecular complexity index is 1400. The number of fused-ring (bicyclic) bond motifs is 1. The smallest absolute Gasteiger partial charge is 0.212 e. The van der Waals surface area contributed by atoms with Crippen LogP contribution in [-0.2, 0) is 6.54 Å². The summed E-state index contributed by atoms with van der Waals surface area (Å²) in [6.45, 7) is 3.24. The van der Waals surface area contributed by atoms with Crippen molar-refractivity contribution >= 4 is 34.0 Å². The molecule has 0 unspecified atom stereocenters. The van der Waals surface area contributed by atoms with Crippen LogP contribution in [0.15, 0.2) is 60.8 Å². The van der Waals surface area contributed by atoms with E-state index < -0.39 is 0 Å². The number of rotatable bonds is 18. The minimum Gasteiger partial charge on any atom is -0.258 e. The minimum absolute atomic E-state index is 0.179. The standard InChI is InChI=1S/C37H45N4/c1-2-3-4-5-6-7-8-9-10-11-12-13-14-17-24-41-30-31(25-34-18-15-16-19-37(34)41)26-35(27-38)32-20-22-33(23-21-32)36(28-39)29-40/h15-16,18-23,25-26,30,39H,2-14,17,24H2,1H3/q+1/b35-26+. The highest BCUT2D eigenvalue weighted by Crippen LogP contribution is 2.22. The first-order valence-electron chi connectivity index (χ1n) is 15.5. The van der Waals surface area contributed by atoms with Gasteiger partial charge in [0.15, 0.2) is 6.20 Å². The lowest BCUT2D eigenvalue weighted by atomic mass is 10.00. The van der Waals surface area contributed by atoms with E-state index in [1.807, 2.05) is 24.3 Å². The van der Waals surface area contributed by atoms with Crippen LogP contribution in [0, 0.1) is 28.1 Å². The summed E-state index contributed by atoms with van der Waals surface area (Å²) in [6, 6.07) is 22.0. The third-order valence-electron chi connectivity index (χ3n) is 7.78. The zero-order valence-corrected chi connectivity index (χ0v) is 24.8. The van der Waals surface area contributed by atoms with E-state index in [0.717, 1.165) is 29.5 Å². The van der Waals surface area contributed by atoms with Gasteiger partial charge in [-0.3, -0.25) is 5.41 Å². The lowest BCUT2D eigenvalue weighted by molar-refractivity contribution is -0.672. The summed E-state index contributed by atoms with van der Waals surface area (Å²) >= 11 is 0. The van der Waals surface area contributed by atoms with Crippen LogP contribution in [0.5, 0.6) is 0 Å². The highest BCUT2D eigenvalue weighted by Gasteiger charge is 2.12. The van der Waals surface area contributed by atoms with Gasteiger partial charge in [0.1, 0.15) is 18.2 Å². The molecule has 3 rings (SSSR count). The lowest BCUT2D eigenvalue weighted by Gasteiger charge is -2.06. The van der Waals surface area contributed by atoms with Gasteiger partial charge in [0.2, 0.25) is 5.52 Å². The van der Waals surface area contributed by atoms with Gasteiger partial charge in [-0.2, -0.15) is 15.1 Å². The summed E-state index contributed by atoms with van der Waals surface area (Å²) in [7, 11) is 0. The number of nitrogens with one attached hydrogen (secondary N) is 1. The molecule has 0 aliphatic rings. The molecule has 1 N–H and O–H groups in total. The van der Waals surface area contributed by atoms with Crippen molar-refractivity contribution in [1.29, 1.82) is 15.9 Å². The molecule has 2 aromatic carbocycles. The summed E-state index contributed by atoms with van der Waals surface area (Å²) in [6.07, 6.45) is 23.0. The molecular formula is C37H45N4+. The van der Waals surface area contributed by atoms with Gasteiger partial charge in [-0.25, -0.2) is 0 Å². The molecule has 0 atom stereocenters. The molecule has 0 radical (unpaired) electrons. The van der Waals surface area contributed by atoms with E-state index >= 15 is 0 Å². The molecule has 4 nitrogen and oxygen atoms in total. The van der Waals surface area contributed by atoms with Gasteiger partial charge >= 0.3 is 0 Å². The first-order valence-corrected chi connectivity index (χ1v) is 15.5. The number of hydrogen-bond donors (Lipinski definition) is 1. The Labute approximate surface area is 247 Å². The maximum atomic E-state index is 9.91. The van der Waals surface area contributed by atoms with Crippen LogP contribution in [0.1, 0.15) is 114 Å². The van der Waals surface area contributed by atoms with Crippen molar-refractivity contribution in [2.45, 2.75) is 103 Å². The molecule has 212 valence electrons. The Kier molecular flexibility index (Phi) is 14.1. The second-order valence-electron chi connectivity index (χ2n) is 11.0. The summed E-state index contributed by atoms with van der Waals surface area (Å²) in [5, 5.41) is 27.5. The number of para-hydroxylation sites is 1. The molecule has 0 amide bonds. The Hall–Kier alpha value is -3.98.